The summed E-state index contributed by atoms with van der Waals surface area (Å²) in [6, 6.07) is 12.7. The van der Waals surface area contributed by atoms with Crippen molar-refractivity contribution in [1.82, 2.24) is 0 Å². The van der Waals surface area contributed by atoms with Gasteiger partial charge in [0, 0.05) is 11.6 Å². The molecular weight excluding hydrogens is 394 g/mol. The maximum absolute atomic E-state index is 13.6. The Morgan fingerprint density at radius 2 is 1.65 bits per heavy atom. The van der Waals surface area contributed by atoms with Gasteiger partial charge in [-0.15, -0.1) is 0 Å². The Morgan fingerprint density at radius 1 is 0.968 bits per heavy atom. The first-order chi connectivity index (χ1) is 15.1. The third kappa shape index (κ3) is 3.37. The van der Waals surface area contributed by atoms with Crippen molar-refractivity contribution in [2.45, 2.75) is 37.8 Å². The molecular formula is C23H25N5O3. The van der Waals surface area contributed by atoms with E-state index in [1.54, 1.807) is 18.2 Å². The van der Waals surface area contributed by atoms with Crippen molar-refractivity contribution in [3.63, 3.8) is 0 Å². The second kappa shape index (κ2) is 7.61. The summed E-state index contributed by atoms with van der Waals surface area (Å²) in [5.41, 5.74) is 13.4. The highest BCUT2D eigenvalue weighted by Gasteiger charge is 2.44. The van der Waals surface area contributed by atoms with Gasteiger partial charge in [-0.25, -0.2) is 4.99 Å². The Hall–Kier alpha value is -3.55. The molecule has 2 aliphatic heterocycles. The lowest BCUT2D eigenvalue weighted by molar-refractivity contribution is 0.103. The van der Waals surface area contributed by atoms with E-state index in [9.17, 15) is 4.79 Å². The number of rotatable bonds is 3. The largest absolute Gasteiger partial charge is 0.486 e. The molecule has 0 amide bonds. The number of hydrogen-bond acceptors (Lipinski definition) is 8. The van der Waals surface area contributed by atoms with Crippen molar-refractivity contribution in [3.8, 4) is 11.5 Å². The fourth-order valence-electron chi connectivity index (χ4n) is 4.66. The molecule has 0 radical (unpaired) electrons. The number of guanidine groups is 2. The maximum Gasteiger partial charge on any atom is 0.220 e. The van der Waals surface area contributed by atoms with Crippen LogP contribution in [0.3, 0.4) is 0 Å². The molecule has 8 heteroatoms. The van der Waals surface area contributed by atoms with Gasteiger partial charge in [-0.1, -0.05) is 36.8 Å². The van der Waals surface area contributed by atoms with E-state index < -0.39 is 5.66 Å². The molecule has 3 aliphatic rings. The van der Waals surface area contributed by atoms with Gasteiger partial charge in [-0.3, -0.25) is 9.69 Å². The van der Waals surface area contributed by atoms with Crippen LogP contribution in [0, 0.1) is 0 Å². The number of carbonyl (C=O) groups is 1. The van der Waals surface area contributed by atoms with Crippen LogP contribution in [-0.4, -0.2) is 36.6 Å². The standard InChI is InChI=1S/C23H25N5O3/c24-21-26-22(25)28(23(27-21)9-5-2-6-10-23)17-14-19-18(30-11-12-31-19)13-16(17)20(29)15-7-3-1-4-8-15/h1,3-4,7-8,13-14H,2,5-6,9-12H2,(H4,24,25,26,27). The summed E-state index contributed by atoms with van der Waals surface area (Å²) in [7, 11) is 0. The number of anilines is 1. The zero-order chi connectivity index (χ0) is 21.4. The van der Waals surface area contributed by atoms with Crippen LogP contribution in [0.15, 0.2) is 52.4 Å². The van der Waals surface area contributed by atoms with Crippen LogP contribution >= 0.6 is 0 Å². The predicted octanol–water partition coefficient (Wildman–Crippen LogP) is 2.80. The molecule has 1 aliphatic carbocycles. The number of benzene rings is 2. The molecule has 1 fully saturated rings. The van der Waals surface area contributed by atoms with E-state index in [-0.39, 0.29) is 17.7 Å². The average Bonchev–Trinajstić information content (AvgIpc) is 2.78. The molecule has 0 bridgehead atoms. The fraction of sp³-hybridized carbons (Fsp3) is 0.348. The van der Waals surface area contributed by atoms with Gasteiger partial charge in [0.1, 0.15) is 18.9 Å². The number of ketones is 1. The SMILES string of the molecule is NC1=NC2(CCCCC2)N(c2cc3c(cc2C(=O)c2ccccc2)OCCO3)C(N)=N1. The zero-order valence-corrected chi connectivity index (χ0v) is 17.2. The van der Waals surface area contributed by atoms with E-state index in [2.05, 4.69) is 4.99 Å². The number of fused-ring (bicyclic) bond motifs is 1. The molecule has 0 atom stereocenters. The summed E-state index contributed by atoms with van der Waals surface area (Å²) in [5.74, 6) is 1.39. The Morgan fingerprint density at radius 3 is 2.35 bits per heavy atom. The number of ether oxygens (including phenoxy) is 2. The third-order valence-corrected chi connectivity index (χ3v) is 6.03. The van der Waals surface area contributed by atoms with Crippen LogP contribution in [-0.2, 0) is 0 Å². The van der Waals surface area contributed by atoms with Crippen LogP contribution in [0.4, 0.5) is 5.69 Å². The van der Waals surface area contributed by atoms with Crippen molar-refractivity contribution in [1.29, 1.82) is 0 Å². The molecule has 2 aromatic carbocycles. The fourth-order valence-corrected chi connectivity index (χ4v) is 4.66. The summed E-state index contributed by atoms with van der Waals surface area (Å²) in [4.78, 5) is 24.4. The number of hydrogen-bond donors (Lipinski definition) is 2. The molecule has 31 heavy (non-hydrogen) atoms. The van der Waals surface area contributed by atoms with E-state index in [0.29, 0.717) is 41.5 Å². The number of nitrogens with two attached hydrogens (primary N) is 2. The molecule has 4 N–H and O–H groups in total. The van der Waals surface area contributed by atoms with Gasteiger partial charge in [-0.05, 0) is 31.7 Å². The maximum atomic E-state index is 13.6. The van der Waals surface area contributed by atoms with Crippen LogP contribution < -0.4 is 25.8 Å². The highest BCUT2D eigenvalue weighted by atomic mass is 16.6. The molecule has 0 unspecified atom stereocenters. The number of nitrogens with zero attached hydrogens (tertiary/aromatic N) is 3. The first-order valence-electron chi connectivity index (χ1n) is 10.6. The van der Waals surface area contributed by atoms with E-state index in [0.717, 1.165) is 32.1 Å². The van der Waals surface area contributed by atoms with Crippen LogP contribution in [0.1, 0.15) is 48.0 Å². The van der Waals surface area contributed by atoms with Crippen molar-refractivity contribution in [2.24, 2.45) is 21.5 Å². The van der Waals surface area contributed by atoms with Gasteiger partial charge in [-0.2, -0.15) is 4.99 Å². The number of aliphatic imine (C=N–C) groups is 2. The summed E-state index contributed by atoms with van der Waals surface area (Å²) in [6.07, 6.45) is 4.66. The predicted molar refractivity (Wildman–Crippen MR) is 119 cm³/mol. The van der Waals surface area contributed by atoms with E-state index in [1.165, 1.54) is 0 Å². The molecule has 2 heterocycles. The number of carbonyl (C=O) groups excluding carboxylic acids is 1. The smallest absolute Gasteiger partial charge is 0.220 e. The Labute approximate surface area is 180 Å². The minimum atomic E-state index is -0.663. The van der Waals surface area contributed by atoms with Crippen LogP contribution in [0.2, 0.25) is 0 Å². The normalized spacial score (nSPS) is 19.5. The summed E-state index contributed by atoms with van der Waals surface area (Å²) < 4.78 is 11.6. The molecule has 160 valence electrons. The van der Waals surface area contributed by atoms with Gasteiger partial charge in [0.25, 0.3) is 0 Å². The van der Waals surface area contributed by atoms with Crippen molar-refractivity contribution in [3.05, 3.63) is 53.6 Å². The third-order valence-electron chi connectivity index (χ3n) is 6.03. The Bertz CT molecular complexity index is 1070. The lowest BCUT2D eigenvalue weighted by atomic mass is 9.86. The molecule has 0 aromatic heterocycles. The monoisotopic (exact) mass is 419 g/mol. The minimum absolute atomic E-state index is 0.131. The quantitative estimate of drug-likeness (QED) is 0.739. The van der Waals surface area contributed by atoms with Crippen molar-refractivity contribution < 1.29 is 14.3 Å². The summed E-state index contributed by atoms with van der Waals surface area (Å²) >= 11 is 0. The first kappa shape index (κ1) is 19.4. The first-order valence-corrected chi connectivity index (χ1v) is 10.6. The van der Waals surface area contributed by atoms with Crippen LogP contribution in [0.5, 0.6) is 11.5 Å². The van der Waals surface area contributed by atoms with Crippen molar-refractivity contribution >= 4 is 23.4 Å². The van der Waals surface area contributed by atoms with Gasteiger partial charge in [0.15, 0.2) is 17.3 Å². The lowest BCUT2D eigenvalue weighted by Gasteiger charge is -2.46. The van der Waals surface area contributed by atoms with Crippen molar-refractivity contribution in [2.75, 3.05) is 18.1 Å². The average molecular weight is 419 g/mol. The second-order valence-corrected chi connectivity index (χ2v) is 8.03. The zero-order valence-electron chi connectivity index (χ0n) is 17.2. The highest BCUT2D eigenvalue weighted by molar-refractivity contribution is 6.16. The van der Waals surface area contributed by atoms with Gasteiger partial charge in [0.2, 0.25) is 11.9 Å². The Kier molecular flexibility index (Phi) is 4.77. The van der Waals surface area contributed by atoms with Crippen LogP contribution in [0.25, 0.3) is 0 Å². The van der Waals surface area contributed by atoms with Gasteiger partial charge < -0.3 is 20.9 Å². The molecule has 5 rings (SSSR count). The molecule has 1 spiro atoms. The second-order valence-electron chi connectivity index (χ2n) is 8.03. The van der Waals surface area contributed by atoms with E-state index in [1.807, 2.05) is 29.2 Å². The topological polar surface area (TPSA) is 116 Å². The van der Waals surface area contributed by atoms with Gasteiger partial charge >= 0.3 is 0 Å². The van der Waals surface area contributed by atoms with E-state index in [4.69, 9.17) is 25.9 Å². The highest BCUT2D eigenvalue weighted by Crippen LogP contribution is 2.44. The molecule has 1 saturated carbocycles. The molecule has 2 aromatic rings. The lowest BCUT2D eigenvalue weighted by Crippen LogP contribution is -2.58. The summed E-state index contributed by atoms with van der Waals surface area (Å²) in [6.45, 7) is 0.877. The summed E-state index contributed by atoms with van der Waals surface area (Å²) in [5, 5.41) is 0. The molecule has 8 nitrogen and oxygen atoms in total. The minimum Gasteiger partial charge on any atom is -0.486 e. The molecule has 0 saturated heterocycles. The Balaban J connectivity index is 1.70. The van der Waals surface area contributed by atoms with Gasteiger partial charge in [0.05, 0.1) is 11.3 Å². The van der Waals surface area contributed by atoms with E-state index >= 15 is 0 Å².